The average Bonchev–Trinajstić information content (AvgIpc) is 3.38. The lowest BCUT2D eigenvalue weighted by atomic mass is 9.67. The Morgan fingerprint density at radius 3 is 0.910 bits per heavy atom. The predicted molar refractivity (Wildman–Crippen MR) is 290 cm³/mol. The third-order valence-electron chi connectivity index (χ3n) is 20.3. The van der Waals surface area contributed by atoms with Gasteiger partial charge in [-0.1, -0.05) is 165 Å². The molecule has 6 fully saturated rings. The molecular formula is C66H102O. The molecule has 6 aliphatic rings. The van der Waals surface area contributed by atoms with Gasteiger partial charge < -0.3 is 4.74 Å². The molecule has 1 nitrogen and oxygen atoms in total. The second kappa shape index (κ2) is 26.9. The molecule has 2 aromatic carbocycles. The Labute approximate surface area is 414 Å². The molecule has 8 rings (SSSR count). The van der Waals surface area contributed by atoms with Crippen molar-refractivity contribution in [2.24, 2.45) is 59.2 Å². The summed E-state index contributed by atoms with van der Waals surface area (Å²) in [5, 5.41) is 0. The first-order valence-corrected chi connectivity index (χ1v) is 30.2. The Balaban J connectivity index is 0.937. The van der Waals surface area contributed by atoms with Crippen LogP contribution in [0, 0.1) is 59.2 Å². The van der Waals surface area contributed by atoms with Gasteiger partial charge in [-0.3, -0.25) is 0 Å². The highest BCUT2D eigenvalue weighted by molar-refractivity contribution is 5.69. The zero-order valence-electron chi connectivity index (χ0n) is 44.2. The van der Waals surface area contributed by atoms with Crippen LogP contribution in [0.15, 0.2) is 60.7 Å². The summed E-state index contributed by atoms with van der Waals surface area (Å²) in [5.74, 6) is 10.7. The normalized spacial score (nSPS) is 33.7. The van der Waals surface area contributed by atoms with Crippen molar-refractivity contribution in [3.05, 3.63) is 82.9 Å². The summed E-state index contributed by atoms with van der Waals surface area (Å²) < 4.78 is 6.76. The largest absolute Gasteiger partial charge is 0.373 e. The smallest absolute Gasteiger partial charge is 0.0657 e. The van der Waals surface area contributed by atoms with Crippen LogP contribution in [0.3, 0.4) is 0 Å². The summed E-state index contributed by atoms with van der Waals surface area (Å²) in [6, 6.07) is 20.2. The molecule has 372 valence electrons. The van der Waals surface area contributed by atoms with Gasteiger partial charge in [0.05, 0.1) is 13.2 Å². The van der Waals surface area contributed by atoms with Gasteiger partial charge in [0.15, 0.2) is 0 Å². The Morgan fingerprint density at radius 1 is 0.358 bits per heavy atom. The van der Waals surface area contributed by atoms with Crippen LogP contribution in [0.5, 0.6) is 0 Å². The number of hydrogen-bond donors (Lipinski definition) is 0. The van der Waals surface area contributed by atoms with Gasteiger partial charge >= 0.3 is 0 Å². The SMILES string of the molecule is CCC[C@H]1CC[C@H](c2ccc(C(=CCOCC=C(c3ccc([C@H]4CC[C@H](CCC)CC4)cc3)[C@H]3CC[C@H]([C@H]4CC[C@H](CCC)CC4)CC3)[C@H]3CC[C@H]([C@H]4CC[C@H](CCC)CC4)CC3)cc2)CC1. The van der Waals surface area contributed by atoms with Crippen molar-refractivity contribution in [1.29, 1.82) is 0 Å². The number of ether oxygens (including phenoxy) is 1. The zero-order valence-corrected chi connectivity index (χ0v) is 44.2. The first kappa shape index (κ1) is 51.2. The van der Waals surface area contributed by atoms with Crippen LogP contribution < -0.4 is 0 Å². The van der Waals surface area contributed by atoms with E-state index in [2.05, 4.69) is 88.4 Å². The minimum absolute atomic E-state index is 0.662. The third-order valence-corrected chi connectivity index (χ3v) is 20.3. The van der Waals surface area contributed by atoms with Gasteiger partial charge in [-0.05, 0) is 233 Å². The molecule has 0 N–H and O–H groups in total. The molecule has 0 heterocycles. The van der Waals surface area contributed by atoms with Crippen LogP contribution in [0.4, 0.5) is 0 Å². The summed E-state index contributed by atoms with van der Waals surface area (Å²) in [6.07, 6.45) is 50.6. The highest BCUT2D eigenvalue weighted by Gasteiger charge is 2.34. The second-order valence-corrected chi connectivity index (χ2v) is 24.5. The molecule has 1 heteroatoms. The molecule has 0 saturated heterocycles. The van der Waals surface area contributed by atoms with E-state index in [-0.39, 0.29) is 0 Å². The molecule has 67 heavy (non-hydrogen) atoms. The number of allylic oxidation sites excluding steroid dienone is 2. The topological polar surface area (TPSA) is 9.23 Å². The van der Waals surface area contributed by atoms with Crippen LogP contribution in [-0.2, 0) is 4.74 Å². The lowest BCUT2D eigenvalue weighted by Crippen LogP contribution is -2.26. The maximum absolute atomic E-state index is 6.76. The number of benzene rings is 2. The Kier molecular flexibility index (Phi) is 20.6. The van der Waals surface area contributed by atoms with Gasteiger partial charge in [0.1, 0.15) is 0 Å². The third kappa shape index (κ3) is 14.5. The molecule has 6 aliphatic carbocycles. The maximum atomic E-state index is 6.76. The van der Waals surface area contributed by atoms with Gasteiger partial charge in [-0.25, -0.2) is 0 Å². The predicted octanol–water partition coefficient (Wildman–Crippen LogP) is 20.1. The quantitative estimate of drug-likeness (QED) is 0.120. The number of rotatable bonds is 20. The van der Waals surface area contributed by atoms with Crippen LogP contribution in [0.25, 0.3) is 11.1 Å². The first-order valence-electron chi connectivity index (χ1n) is 30.2. The van der Waals surface area contributed by atoms with E-state index in [0.717, 1.165) is 72.4 Å². The minimum atomic E-state index is 0.662. The second-order valence-electron chi connectivity index (χ2n) is 24.5. The van der Waals surface area contributed by atoms with Gasteiger partial charge in [-0.15, -0.1) is 0 Å². The van der Waals surface area contributed by atoms with E-state index >= 15 is 0 Å². The molecule has 0 bridgehead atoms. The summed E-state index contributed by atoms with van der Waals surface area (Å²) in [5.41, 5.74) is 9.32. The van der Waals surface area contributed by atoms with E-state index in [4.69, 9.17) is 4.74 Å². The van der Waals surface area contributed by atoms with E-state index in [0.29, 0.717) is 11.8 Å². The molecule has 0 aliphatic heterocycles. The molecule has 2 aromatic rings. The minimum Gasteiger partial charge on any atom is -0.373 e. The first-order chi connectivity index (χ1) is 33.0. The van der Waals surface area contributed by atoms with E-state index in [9.17, 15) is 0 Å². The van der Waals surface area contributed by atoms with E-state index in [1.54, 1.807) is 22.3 Å². The van der Waals surface area contributed by atoms with E-state index < -0.39 is 0 Å². The lowest BCUT2D eigenvalue weighted by Gasteiger charge is -2.38. The van der Waals surface area contributed by atoms with Crippen molar-refractivity contribution in [2.75, 3.05) is 13.2 Å². The fraction of sp³-hybridized carbons (Fsp3) is 0.758. The van der Waals surface area contributed by atoms with Crippen molar-refractivity contribution < 1.29 is 4.74 Å². The van der Waals surface area contributed by atoms with E-state index in [1.165, 1.54) is 217 Å². The molecule has 0 unspecified atom stereocenters. The van der Waals surface area contributed by atoms with Gasteiger partial charge in [0.2, 0.25) is 0 Å². The molecular weight excluding hydrogens is 809 g/mol. The molecule has 0 radical (unpaired) electrons. The standard InChI is InChI=1S/C66H102O/c1-5-9-49-13-21-53(22-14-49)57-29-37-61(38-30-57)65(62-39-31-58(32-40-62)54-23-15-50(10-6-2)16-24-54)45-47-67-48-46-66(63-41-33-59(34-42-63)55-25-17-51(11-7-3)18-26-55)64-43-35-60(36-44-64)56-27-19-52(12-8-4)20-28-56/h29-30,33-34,37-38,41-42,45-46,49-56,58,60,62,64H,5-28,31-32,35-36,39-40,43-44,47-48H2,1-4H3/t49-,50-,51-,52-,53-,54-,55-,56-,58-,60-,62-,64-. The van der Waals surface area contributed by atoms with Crippen LogP contribution in [0.2, 0.25) is 0 Å². The monoisotopic (exact) mass is 911 g/mol. The van der Waals surface area contributed by atoms with Gasteiger partial charge in [-0.2, -0.15) is 0 Å². The lowest BCUT2D eigenvalue weighted by molar-refractivity contribution is 0.153. The van der Waals surface area contributed by atoms with Crippen molar-refractivity contribution in [3.63, 3.8) is 0 Å². The molecule has 0 amide bonds. The molecule has 0 atom stereocenters. The van der Waals surface area contributed by atoms with Crippen LogP contribution in [0.1, 0.15) is 267 Å². The highest BCUT2D eigenvalue weighted by Crippen LogP contribution is 2.48. The average molecular weight is 912 g/mol. The Morgan fingerprint density at radius 2 is 0.627 bits per heavy atom. The molecule has 0 aromatic heterocycles. The maximum Gasteiger partial charge on any atom is 0.0657 e. The Bertz CT molecular complexity index is 1590. The molecule has 6 saturated carbocycles. The summed E-state index contributed by atoms with van der Waals surface area (Å²) >= 11 is 0. The summed E-state index contributed by atoms with van der Waals surface area (Å²) in [4.78, 5) is 0. The summed E-state index contributed by atoms with van der Waals surface area (Å²) in [6.45, 7) is 10.9. The Hall–Kier alpha value is -2.12. The fourth-order valence-electron chi connectivity index (χ4n) is 16.2. The van der Waals surface area contributed by atoms with Crippen LogP contribution >= 0.6 is 0 Å². The van der Waals surface area contributed by atoms with Crippen molar-refractivity contribution in [3.8, 4) is 0 Å². The fourth-order valence-corrected chi connectivity index (χ4v) is 16.2. The van der Waals surface area contributed by atoms with Crippen molar-refractivity contribution in [1.82, 2.24) is 0 Å². The van der Waals surface area contributed by atoms with Gasteiger partial charge in [0, 0.05) is 0 Å². The van der Waals surface area contributed by atoms with Crippen molar-refractivity contribution in [2.45, 2.75) is 245 Å². The highest BCUT2D eigenvalue weighted by atomic mass is 16.5. The van der Waals surface area contributed by atoms with Gasteiger partial charge in [0.25, 0.3) is 0 Å². The summed E-state index contributed by atoms with van der Waals surface area (Å²) in [7, 11) is 0. The van der Waals surface area contributed by atoms with Crippen molar-refractivity contribution >= 4 is 11.1 Å². The number of hydrogen-bond acceptors (Lipinski definition) is 1. The van der Waals surface area contributed by atoms with Crippen LogP contribution in [-0.4, -0.2) is 13.2 Å². The zero-order chi connectivity index (χ0) is 46.2. The van der Waals surface area contributed by atoms with E-state index in [1.807, 2.05) is 0 Å². The molecule has 0 spiro atoms.